The van der Waals surface area contributed by atoms with E-state index in [1.54, 1.807) is 6.20 Å². The minimum absolute atomic E-state index is 0.605. The number of halogens is 1. The van der Waals surface area contributed by atoms with Crippen molar-refractivity contribution in [3.05, 3.63) is 59.0 Å². The predicted molar refractivity (Wildman–Crippen MR) is 83.4 cm³/mol. The summed E-state index contributed by atoms with van der Waals surface area (Å²) >= 11 is 5.99. The summed E-state index contributed by atoms with van der Waals surface area (Å²) < 4.78 is 7.29. The molecule has 0 aliphatic carbocycles. The average molecular weight is 302 g/mol. The quantitative estimate of drug-likeness (QED) is 0.722. The van der Waals surface area contributed by atoms with Crippen LogP contribution in [0.2, 0.25) is 5.02 Å². The third-order valence-corrected chi connectivity index (χ3v) is 3.42. The van der Waals surface area contributed by atoms with Gasteiger partial charge in [-0.1, -0.05) is 17.7 Å². The first-order chi connectivity index (χ1) is 10.2. The molecule has 1 aromatic carbocycles. The Morgan fingerprint density at radius 3 is 2.95 bits per heavy atom. The molecular weight excluding hydrogens is 286 g/mol. The van der Waals surface area contributed by atoms with E-state index in [1.165, 1.54) is 0 Å². The van der Waals surface area contributed by atoms with Crippen LogP contribution < -0.4 is 0 Å². The summed E-state index contributed by atoms with van der Waals surface area (Å²) in [5.74, 6) is 0. The highest BCUT2D eigenvalue weighted by Gasteiger charge is 2.02. The van der Waals surface area contributed by atoms with E-state index in [0.29, 0.717) is 24.8 Å². The maximum absolute atomic E-state index is 5.99. The summed E-state index contributed by atoms with van der Waals surface area (Å²) in [4.78, 5) is 4.30. The van der Waals surface area contributed by atoms with Gasteiger partial charge in [-0.2, -0.15) is 5.10 Å². The Bertz CT molecular complexity index is 754. The van der Waals surface area contributed by atoms with Crippen LogP contribution >= 0.6 is 11.6 Å². The molecule has 0 bridgehead atoms. The SMILES string of the molecule is CCOCc1cnn(Cc2ccc3ncc(Cl)cc3c2)c1. The number of benzene rings is 1. The zero-order valence-electron chi connectivity index (χ0n) is 11.8. The van der Waals surface area contributed by atoms with E-state index < -0.39 is 0 Å². The van der Waals surface area contributed by atoms with Crippen LogP contribution in [0.1, 0.15) is 18.1 Å². The minimum Gasteiger partial charge on any atom is -0.377 e. The van der Waals surface area contributed by atoms with E-state index in [4.69, 9.17) is 16.3 Å². The van der Waals surface area contributed by atoms with Gasteiger partial charge in [0, 0.05) is 30.0 Å². The molecule has 0 amide bonds. The number of nitrogens with zero attached hydrogens (tertiary/aromatic N) is 3. The Morgan fingerprint density at radius 1 is 1.19 bits per heavy atom. The zero-order chi connectivity index (χ0) is 14.7. The second-order valence-corrected chi connectivity index (χ2v) is 5.30. The second-order valence-electron chi connectivity index (χ2n) is 4.86. The van der Waals surface area contributed by atoms with E-state index >= 15 is 0 Å². The number of hydrogen-bond acceptors (Lipinski definition) is 3. The lowest BCUT2D eigenvalue weighted by Crippen LogP contribution is -2.00. The van der Waals surface area contributed by atoms with Gasteiger partial charge in [0.2, 0.25) is 0 Å². The van der Waals surface area contributed by atoms with Crippen LogP contribution in [0.5, 0.6) is 0 Å². The van der Waals surface area contributed by atoms with E-state index in [-0.39, 0.29) is 0 Å². The Morgan fingerprint density at radius 2 is 2.10 bits per heavy atom. The molecule has 0 atom stereocenters. The van der Waals surface area contributed by atoms with Gasteiger partial charge in [-0.15, -0.1) is 0 Å². The van der Waals surface area contributed by atoms with Crippen LogP contribution in [-0.4, -0.2) is 21.4 Å². The Kier molecular flexibility index (Phi) is 4.18. The van der Waals surface area contributed by atoms with Crippen LogP contribution in [0.3, 0.4) is 0 Å². The summed E-state index contributed by atoms with van der Waals surface area (Å²) in [6.45, 7) is 4.02. The fourth-order valence-corrected chi connectivity index (χ4v) is 2.39. The van der Waals surface area contributed by atoms with Gasteiger partial charge in [-0.3, -0.25) is 9.67 Å². The molecule has 0 radical (unpaired) electrons. The van der Waals surface area contributed by atoms with Crippen LogP contribution in [0, 0.1) is 0 Å². The first-order valence-electron chi connectivity index (χ1n) is 6.88. The van der Waals surface area contributed by atoms with E-state index in [2.05, 4.69) is 22.2 Å². The molecule has 3 rings (SSSR count). The molecule has 5 heteroatoms. The molecule has 0 aliphatic heterocycles. The molecule has 0 saturated heterocycles. The monoisotopic (exact) mass is 301 g/mol. The molecule has 0 fully saturated rings. The van der Waals surface area contributed by atoms with Crippen LogP contribution in [0.25, 0.3) is 10.9 Å². The Hall–Kier alpha value is -1.91. The van der Waals surface area contributed by atoms with Crippen molar-refractivity contribution >= 4 is 22.5 Å². The second kappa shape index (κ2) is 6.24. The average Bonchev–Trinajstić information content (AvgIpc) is 2.92. The number of rotatable bonds is 5. The largest absolute Gasteiger partial charge is 0.377 e. The lowest BCUT2D eigenvalue weighted by atomic mass is 10.1. The van der Waals surface area contributed by atoms with Crippen molar-refractivity contribution in [1.82, 2.24) is 14.8 Å². The smallest absolute Gasteiger partial charge is 0.0747 e. The topological polar surface area (TPSA) is 39.9 Å². The van der Waals surface area contributed by atoms with Gasteiger partial charge in [-0.05, 0) is 30.7 Å². The van der Waals surface area contributed by atoms with Gasteiger partial charge >= 0.3 is 0 Å². The zero-order valence-corrected chi connectivity index (χ0v) is 12.5. The van der Waals surface area contributed by atoms with Gasteiger partial charge < -0.3 is 4.74 Å². The maximum atomic E-state index is 5.99. The Labute approximate surface area is 128 Å². The normalized spacial score (nSPS) is 11.1. The third-order valence-electron chi connectivity index (χ3n) is 3.22. The highest BCUT2D eigenvalue weighted by Crippen LogP contribution is 2.18. The summed E-state index contributed by atoms with van der Waals surface area (Å²) in [6.07, 6.45) is 5.52. The fraction of sp³-hybridized carbons (Fsp3) is 0.250. The minimum atomic E-state index is 0.605. The van der Waals surface area contributed by atoms with Crippen molar-refractivity contribution in [1.29, 1.82) is 0 Å². The van der Waals surface area contributed by atoms with Crippen molar-refractivity contribution in [2.24, 2.45) is 0 Å². The van der Waals surface area contributed by atoms with Gasteiger partial charge in [-0.25, -0.2) is 0 Å². The lowest BCUT2D eigenvalue weighted by molar-refractivity contribution is 0.134. The molecule has 3 aromatic rings. The molecule has 108 valence electrons. The van der Waals surface area contributed by atoms with Gasteiger partial charge in [0.1, 0.15) is 0 Å². The molecule has 2 aromatic heterocycles. The first-order valence-corrected chi connectivity index (χ1v) is 7.25. The molecular formula is C16H16ClN3O. The first kappa shape index (κ1) is 14.0. The molecule has 0 saturated carbocycles. The van der Waals surface area contributed by atoms with Crippen molar-refractivity contribution in [2.75, 3.05) is 6.61 Å². The summed E-state index contributed by atoms with van der Waals surface area (Å²) in [5, 5.41) is 6.05. The number of pyridine rings is 1. The van der Waals surface area contributed by atoms with Crippen molar-refractivity contribution < 1.29 is 4.74 Å². The van der Waals surface area contributed by atoms with Crippen molar-refractivity contribution in [3.63, 3.8) is 0 Å². The molecule has 0 N–H and O–H groups in total. The van der Waals surface area contributed by atoms with E-state index in [0.717, 1.165) is 22.0 Å². The lowest BCUT2D eigenvalue weighted by Gasteiger charge is -2.04. The molecule has 4 nitrogen and oxygen atoms in total. The number of aromatic nitrogens is 3. The maximum Gasteiger partial charge on any atom is 0.0747 e. The molecule has 21 heavy (non-hydrogen) atoms. The number of ether oxygens (including phenoxy) is 1. The van der Waals surface area contributed by atoms with Gasteiger partial charge in [0.25, 0.3) is 0 Å². The van der Waals surface area contributed by atoms with E-state index in [9.17, 15) is 0 Å². The number of fused-ring (bicyclic) bond motifs is 1. The summed E-state index contributed by atoms with van der Waals surface area (Å²) in [7, 11) is 0. The third kappa shape index (κ3) is 3.40. The van der Waals surface area contributed by atoms with E-state index in [1.807, 2.05) is 36.1 Å². The molecule has 0 spiro atoms. The summed E-state index contributed by atoms with van der Waals surface area (Å²) in [6, 6.07) is 8.09. The standard InChI is InChI=1S/C16H16ClN3O/c1-2-21-11-13-7-19-20(10-13)9-12-3-4-16-14(5-12)6-15(17)8-18-16/h3-8,10H,2,9,11H2,1H3. The van der Waals surface area contributed by atoms with Crippen LogP contribution in [-0.2, 0) is 17.9 Å². The van der Waals surface area contributed by atoms with Gasteiger partial charge in [0.15, 0.2) is 0 Å². The predicted octanol–water partition coefficient (Wildman–Crippen LogP) is 3.67. The number of hydrogen-bond donors (Lipinski definition) is 0. The Balaban J connectivity index is 1.79. The van der Waals surface area contributed by atoms with Crippen molar-refractivity contribution in [2.45, 2.75) is 20.1 Å². The van der Waals surface area contributed by atoms with Crippen LogP contribution in [0.4, 0.5) is 0 Å². The molecule has 0 aliphatic rings. The highest BCUT2D eigenvalue weighted by atomic mass is 35.5. The fourth-order valence-electron chi connectivity index (χ4n) is 2.23. The summed E-state index contributed by atoms with van der Waals surface area (Å²) in [5.41, 5.74) is 3.20. The van der Waals surface area contributed by atoms with Crippen molar-refractivity contribution in [3.8, 4) is 0 Å². The molecule has 2 heterocycles. The molecule has 0 unspecified atom stereocenters. The highest BCUT2D eigenvalue weighted by molar-refractivity contribution is 6.31. The van der Waals surface area contributed by atoms with Crippen LogP contribution in [0.15, 0.2) is 42.9 Å². The van der Waals surface area contributed by atoms with Gasteiger partial charge in [0.05, 0.1) is 29.9 Å².